The van der Waals surface area contributed by atoms with Crippen molar-refractivity contribution in [3.05, 3.63) is 65.2 Å². The third-order valence-corrected chi connectivity index (χ3v) is 7.00. The van der Waals surface area contributed by atoms with Crippen LogP contribution in [-0.4, -0.2) is 61.3 Å². The van der Waals surface area contributed by atoms with Crippen molar-refractivity contribution in [2.75, 3.05) is 20.1 Å². The molecule has 2 aromatic carbocycles. The number of benzene rings is 2. The van der Waals surface area contributed by atoms with Crippen molar-refractivity contribution >= 4 is 27.5 Å². The van der Waals surface area contributed by atoms with Crippen molar-refractivity contribution in [1.29, 1.82) is 0 Å². The summed E-state index contributed by atoms with van der Waals surface area (Å²) in [5.41, 5.74) is 0.427. The number of carbonyl (C=O) groups is 3. The molecule has 152 valence electrons. The molecule has 29 heavy (non-hydrogen) atoms. The van der Waals surface area contributed by atoms with Crippen LogP contribution in [0, 0.1) is 0 Å². The quantitative estimate of drug-likeness (QED) is 0.553. The molecular formula is C21H22N2O5S. The Hall–Kier alpha value is -2.84. The Morgan fingerprint density at radius 2 is 1.62 bits per heavy atom. The third-order valence-electron chi connectivity index (χ3n) is 5.11. The highest BCUT2D eigenvalue weighted by atomic mass is 32.2. The summed E-state index contributed by atoms with van der Waals surface area (Å²) in [7, 11) is -2.77. The first-order valence-corrected chi connectivity index (χ1v) is 10.7. The fourth-order valence-electron chi connectivity index (χ4n) is 3.44. The van der Waals surface area contributed by atoms with Gasteiger partial charge in [-0.25, -0.2) is 8.42 Å². The van der Waals surface area contributed by atoms with E-state index < -0.39 is 27.6 Å². The van der Waals surface area contributed by atoms with Gasteiger partial charge in [0, 0.05) is 36.8 Å². The number of fused-ring (bicyclic) bond motifs is 1. The molecule has 0 bridgehead atoms. The van der Waals surface area contributed by atoms with Crippen molar-refractivity contribution in [3.8, 4) is 0 Å². The second-order valence-corrected chi connectivity index (χ2v) is 8.67. The van der Waals surface area contributed by atoms with E-state index in [-0.39, 0.29) is 21.9 Å². The summed E-state index contributed by atoms with van der Waals surface area (Å²) in [5.74, 6) is -1.47. The lowest BCUT2D eigenvalue weighted by Crippen LogP contribution is -2.51. The van der Waals surface area contributed by atoms with Crippen molar-refractivity contribution < 1.29 is 22.8 Å². The van der Waals surface area contributed by atoms with E-state index in [0.29, 0.717) is 18.7 Å². The van der Waals surface area contributed by atoms with Gasteiger partial charge in [0.15, 0.2) is 17.6 Å². The maximum absolute atomic E-state index is 13.2. The Morgan fingerprint density at radius 3 is 2.28 bits per heavy atom. The molecule has 0 N–H and O–H groups in total. The van der Waals surface area contributed by atoms with Gasteiger partial charge in [-0.15, -0.1) is 0 Å². The lowest BCUT2D eigenvalue weighted by Gasteiger charge is -2.31. The molecule has 3 rings (SSSR count). The van der Waals surface area contributed by atoms with Gasteiger partial charge >= 0.3 is 0 Å². The molecule has 1 unspecified atom stereocenters. The third kappa shape index (κ3) is 3.49. The van der Waals surface area contributed by atoms with Gasteiger partial charge in [-0.1, -0.05) is 24.3 Å². The Morgan fingerprint density at radius 1 is 1.00 bits per heavy atom. The lowest BCUT2D eigenvalue weighted by molar-refractivity contribution is 0.0771. The van der Waals surface area contributed by atoms with Crippen LogP contribution in [0.5, 0.6) is 0 Å². The number of Topliss-reactive ketones (excluding diaryl/α,β-unsaturated/α-hetero) is 2. The van der Waals surface area contributed by atoms with E-state index in [1.807, 2.05) is 13.8 Å². The van der Waals surface area contributed by atoms with Crippen molar-refractivity contribution in [3.63, 3.8) is 0 Å². The van der Waals surface area contributed by atoms with Crippen molar-refractivity contribution in [1.82, 2.24) is 9.21 Å². The number of ketones is 2. The van der Waals surface area contributed by atoms with E-state index in [9.17, 15) is 22.8 Å². The zero-order valence-corrected chi connectivity index (χ0v) is 17.3. The highest BCUT2D eigenvalue weighted by Crippen LogP contribution is 2.30. The van der Waals surface area contributed by atoms with Gasteiger partial charge in [-0.2, -0.15) is 4.31 Å². The average Bonchev–Trinajstić information content (AvgIpc) is 2.73. The zero-order chi connectivity index (χ0) is 21.3. The lowest BCUT2D eigenvalue weighted by atomic mass is 9.95. The highest BCUT2D eigenvalue weighted by Gasteiger charge is 2.45. The molecule has 1 amide bonds. The smallest absolute Gasteiger partial charge is 0.253 e. The number of rotatable bonds is 5. The summed E-state index contributed by atoms with van der Waals surface area (Å²) < 4.78 is 26.4. The molecule has 0 aliphatic carbocycles. The fourth-order valence-corrected chi connectivity index (χ4v) is 4.92. The Kier molecular flexibility index (Phi) is 5.68. The summed E-state index contributed by atoms with van der Waals surface area (Å²) in [6, 6.07) is 10.4. The summed E-state index contributed by atoms with van der Waals surface area (Å²) in [6.45, 7) is 4.75. The van der Waals surface area contributed by atoms with Crippen LogP contribution in [0.3, 0.4) is 0 Å². The molecule has 1 heterocycles. The number of sulfonamides is 1. The first-order chi connectivity index (χ1) is 13.7. The number of carbonyl (C=O) groups excluding carboxylic acids is 3. The highest BCUT2D eigenvalue weighted by molar-refractivity contribution is 7.89. The summed E-state index contributed by atoms with van der Waals surface area (Å²) in [4.78, 5) is 40.2. The summed E-state index contributed by atoms with van der Waals surface area (Å²) >= 11 is 0. The molecule has 0 fully saturated rings. The van der Waals surface area contributed by atoms with Crippen LogP contribution < -0.4 is 0 Å². The molecule has 0 saturated carbocycles. The van der Waals surface area contributed by atoms with Gasteiger partial charge in [-0.3, -0.25) is 14.4 Å². The number of likely N-dealkylation sites (N-methyl/N-ethyl adjacent to an activating group) is 1. The molecule has 0 radical (unpaired) electrons. The van der Waals surface area contributed by atoms with Crippen molar-refractivity contribution in [2.45, 2.75) is 24.8 Å². The number of nitrogens with zero attached hydrogens (tertiary/aromatic N) is 2. The van der Waals surface area contributed by atoms with Gasteiger partial charge in [0.1, 0.15) is 0 Å². The van der Waals surface area contributed by atoms with Gasteiger partial charge in [-0.05, 0) is 38.1 Å². The van der Waals surface area contributed by atoms with E-state index in [1.54, 1.807) is 23.1 Å². The molecule has 7 nitrogen and oxygen atoms in total. The molecule has 2 aromatic rings. The van der Waals surface area contributed by atoms with Gasteiger partial charge < -0.3 is 4.90 Å². The minimum Gasteiger partial charge on any atom is -0.339 e. The molecule has 1 aliphatic heterocycles. The second-order valence-electron chi connectivity index (χ2n) is 6.71. The van der Waals surface area contributed by atoms with Crippen LogP contribution in [0.2, 0.25) is 0 Å². The first-order valence-electron chi connectivity index (χ1n) is 9.28. The normalized spacial score (nSPS) is 18.2. The van der Waals surface area contributed by atoms with Gasteiger partial charge in [0.2, 0.25) is 10.0 Å². The van der Waals surface area contributed by atoms with Crippen LogP contribution >= 0.6 is 0 Å². The van der Waals surface area contributed by atoms with Crippen LogP contribution in [0.25, 0.3) is 0 Å². The van der Waals surface area contributed by atoms with E-state index in [4.69, 9.17) is 0 Å². The number of amides is 1. The maximum Gasteiger partial charge on any atom is 0.253 e. The Bertz CT molecular complexity index is 1090. The first kappa shape index (κ1) is 20.9. The number of hydrogen-bond donors (Lipinski definition) is 0. The largest absolute Gasteiger partial charge is 0.339 e. The van der Waals surface area contributed by atoms with Crippen molar-refractivity contribution in [2.24, 2.45) is 0 Å². The molecule has 0 spiro atoms. The number of hydrogen-bond acceptors (Lipinski definition) is 5. The molecule has 1 aliphatic rings. The molecule has 1 atom stereocenters. The van der Waals surface area contributed by atoms with E-state index in [0.717, 1.165) is 4.31 Å². The monoisotopic (exact) mass is 414 g/mol. The van der Waals surface area contributed by atoms with Crippen LogP contribution in [0.4, 0.5) is 0 Å². The van der Waals surface area contributed by atoms with Gasteiger partial charge in [0.25, 0.3) is 5.91 Å². The minimum absolute atomic E-state index is 0.000628. The summed E-state index contributed by atoms with van der Waals surface area (Å²) in [5, 5.41) is 0. The molecule has 0 aromatic heterocycles. The van der Waals surface area contributed by atoms with Crippen LogP contribution in [0.1, 0.15) is 44.9 Å². The standard InChI is InChI=1S/C21H22N2O5S/c1-4-23(5-2)21(26)15-10-8-9-14(13-15)19(24)18-20(25)16-11-6-7-12-17(16)29(27,28)22(18)3/h6-13,18H,4-5H2,1-3H3. The topological polar surface area (TPSA) is 91.8 Å². The Labute approximate surface area is 170 Å². The second kappa shape index (κ2) is 7.88. The SMILES string of the molecule is CCN(CC)C(=O)c1cccc(C(=O)C2C(=O)c3ccccc3S(=O)(=O)N2C)c1. The molecule has 8 heteroatoms. The van der Waals surface area contributed by atoms with Crippen LogP contribution in [-0.2, 0) is 10.0 Å². The predicted molar refractivity (Wildman–Crippen MR) is 108 cm³/mol. The maximum atomic E-state index is 13.2. The predicted octanol–water partition coefficient (Wildman–Crippen LogP) is 2.24. The fraction of sp³-hybridized carbons (Fsp3) is 0.286. The minimum atomic E-state index is -3.99. The van der Waals surface area contributed by atoms with Gasteiger partial charge in [0.05, 0.1) is 4.90 Å². The molecule has 0 saturated heterocycles. The zero-order valence-electron chi connectivity index (χ0n) is 16.5. The van der Waals surface area contributed by atoms with Crippen LogP contribution in [0.15, 0.2) is 53.4 Å². The Balaban J connectivity index is 2.02. The van der Waals surface area contributed by atoms with E-state index in [1.165, 1.54) is 37.4 Å². The van der Waals surface area contributed by atoms with E-state index >= 15 is 0 Å². The van der Waals surface area contributed by atoms with E-state index in [2.05, 4.69) is 0 Å². The molecular weight excluding hydrogens is 392 g/mol. The average molecular weight is 414 g/mol. The summed E-state index contributed by atoms with van der Waals surface area (Å²) in [6.07, 6.45) is 0.